The molecule has 2 nitrogen and oxygen atoms in total. The van der Waals surface area contributed by atoms with Gasteiger partial charge in [-0.15, -0.1) is 0 Å². The highest BCUT2D eigenvalue weighted by atomic mass is 14.9. The van der Waals surface area contributed by atoms with Crippen molar-refractivity contribution in [3.63, 3.8) is 0 Å². The molecule has 0 N–H and O–H groups in total. The molecule has 0 spiro atoms. The van der Waals surface area contributed by atoms with Crippen molar-refractivity contribution in [2.75, 3.05) is 0 Å². The quantitative estimate of drug-likeness (QED) is 0.168. The molecule has 0 unspecified atom stereocenters. The highest BCUT2D eigenvalue weighted by Crippen LogP contribution is 2.58. The van der Waals surface area contributed by atoms with E-state index >= 15 is 0 Å². The number of aromatic nitrogens is 2. The second-order valence-corrected chi connectivity index (χ2v) is 16.0. The molecule has 0 aliphatic heterocycles. The minimum Gasteiger partial charge on any atom is -0.228 e. The fourth-order valence-electron chi connectivity index (χ4n) is 10.1. The Morgan fingerprint density at radius 2 is 0.836 bits per heavy atom. The van der Waals surface area contributed by atoms with E-state index < -0.39 is 5.41 Å². The SMILES string of the molecule is c1ccc(-c2cc(-c3cccc4ccccc34)nc(-c3ccc(-c4ccc5c(c4)-c4ccc6ccccc6c4C5(c4ccccc4)c4ccccc4)c4ccccc34)n2)cc1. The van der Waals surface area contributed by atoms with Crippen molar-refractivity contribution in [3.8, 4) is 56.2 Å². The Labute approximate surface area is 355 Å². The molecule has 12 rings (SSSR count). The van der Waals surface area contributed by atoms with Crippen molar-refractivity contribution in [2.45, 2.75) is 5.41 Å². The highest BCUT2D eigenvalue weighted by Gasteiger charge is 2.47. The van der Waals surface area contributed by atoms with Crippen LogP contribution in [0.2, 0.25) is 0 Å². The summed E-state index contributed by atoms with van der Waals surface area (Å²) in [4.78, 5) is 10.7. The van der Waals surface area contributed by atoms with Crippen molar-refractivity contribution in [1.82, 2.24) is 9.97 Å². The molecule has 11 aromatic rings. The Morgan fingerprint density at radius 3 is 1.56 bits per heavy atom. The van der Waals surface area contributed by atoms with Gasteiger partial charge >= 0.3 is 0 Å². The van der Waals surface area contributed by atoms with Crippen LogP contribution in [0.15, 0.2) is 231 Å². The van der Waals surface area contributed by atoms with Gasteiger partial charge in [-0.1, -0.05) is 212 Å². The van der Waals surface area contributed by atoms with Gasteiger partial charge in [0.15, 0.2) is 5.82 Å². The second kappa shape index (κ2) is 14.1. The predicted molar refractivity (Wildman–Crippen MR) is 254 cm³/mol. The first-order valence-corrected chi connectivity index (χ1v) is 21.0. The van der Waals surface area contributed by atoms with E-state index in [0.717, 1.165) is 38.9 Å². The lowest BCUT2D eigenvalue weighted by Gasteiger charge is -2.34. The van der Waals surface area contributed by atoms with Gasteiger partial charge in [0.1, 0.15) is 0 Å². The summed E-state index contributed by atoms with van der Waals surface area (Å²) in [5, 5.41) is 7.16. The van der Waals surface area contributed by atoms with Crippen molar-refractivity contribution < 1.29 is 0 Å². The molecular formula is C59H38N2. The Bertz CT molecular complexity index is 3420. The van der Waals surface area contributed by atoms with Gasteiger partial charge in [0.25, 0.3) is 0 Å². The van der Waals surface area contributed by atoms with Gasteiger partial charge in [-0.25, -0.2) is 9.97 Å². The molecule has 1 aliphatic carbocycles. The zero-order chi connectivity index (χ0) is 40.3. The average molecular weight is 775 g/mol. The van der Waals surface area contributed by atoms with Crippen LogP contribution in [0.5, 0.6) is 0 Å². The van der Waals surface area contributed by atoms with Crippen molar-refractivity contribution >= 4 is 32.3 Å². The number of nitrogens with zero attached hydrogens (tertiary/aromatic N) is 2. The van der Waals surface area contributed by atoms with Crippen LogP contribution in [0.25, 0.3) is 88.5 Å². The average Bonchev–Trinajstić information content (AvgIpc) is 3.65. The van der Waals surface area contributed by atoms with Gasteiger partial charge in [-0.3, -0.25) is 0 Å². The lowest BCUT2D eigenvalue weighted by atomic mass is 9.66. The van der Waals surface area contributed by atoms with Crippen molar-refractivity contribution in [2.24, 2.45) is 0 Å². The highest BCUT2D eigenvalue weighted by molar-refractivity contribution is 6.06. The van der Waals surface area contributed by atoms with Gasteiger partial charge in [0.05, 0.1) is 16.8 Å². The fourth-order valence-corrected chi connectivity index (χ4v) is 10.1. The van der Waals surface area contributed by atoms with Gasteiger partial charge in [-0.05, 0) is 95.0 Å². The third kappa shape index (κ3) is 5.50. The molecule has 10 aromatic carbocycles. The molecule has 1 heterocycles. The second-order valence-electron chi connectivity index (χ2n) is 16.0. The van der Waals surface area contributed by atoms with Crippen molar-refractivity contribution in [1.29, 1.82) is 0 Å². The monoisotopic (exact) mass is 774 g/mol. The van der Waals surface area contributed by atoms with Gasteiger partial charge in [0.2, 0.25) is 0 Å². The molecule has 0 saturated heterocycles. The summed E-state index contributed by atoms with van der Waals surface area (Å²) in [6, 6.07) is 83.6. The molecule has 1 aliphatic rings. The van der Waals surface area contributed by atoms with Crippen LogP contribution in [0.4, 0.5) is 0 Å². The summed E-state index contributed by atoms with van der Waals surface area (Å²) in [5.74, 6) is 0.706. The molecule has 1 aromatic heterocycles. The standard InChI is InChI=1S/C59H38N2/c1-4-19-41(20-5-1)55-38-56(50-30-16-21-39-17-10-12-26-45(39)50)61-58(60-55)52-35-34-46(48-28-14-15-29-49(48)52)42-32-36-54-53(37-42)51-33-31-40-18-11-13-27-47(40)57(51)59(54,43-22-6-2-7-23-43)44-24-8-3-9-25-44/h1-38H. The number of rotatable bonds is 6. The van der Waals surface area contributed by atoms with E-state index in [0.29, 0.717) is 5.82 Å². The zero-order valence-corrected chi connectivity index (χ0v) is 33.3. The van der Waals surface area contributed by atoms with Crippen LogP contribution in [-0.2, 0) is 5.41 Å². The molecule has 284 valence electrons. The summed E-state index contributed by atoms with van der Waals surface area (Å²) in [5.41, 5.74) is 14.5. The van der Waals surface area contributed by atoms with Crippen LogP contribution in [0, 0.1) is 0 Å². The van der Waals surface area contributed by atoms with E-state index in [-0.39, 0.29) is 0 Å². The predicted octanol–water partition coefficient (Wildman–Crippen LogP) is 15.0. The molecule has 0 amide bonds. The summed E-state index contributed by atoms with van der Waals surface area (Å²) in [7, 11) is 0. The molecule has 2 heteroatoms. The third-order valence-electron chi connectivity index (χ3n) is 12.8. The molecule has 0 atom stereocenters. The Kier molecular flexibility index (Phi) is 8.11. The minimum absolute atomic E-state index is 0.499. The van der Waals surface area contributed by atoms with Gasteiger partial charge in [0, 0.05) is 16.7 Å². The molecular weight excluding hydrogens is 737 g/mol. The molecule has 0 bridgehead atoms. The Balaban J connectivity index is 1.07. The number of fused-ring (bicyclic) bond motifs is 7. The fraction of sp³-hybridized carbons (Fsp3) is 0.0169. The Morgan fingerprint density at radius 1 is 0.295 bits per heavy atom. The van der Waals surface area contributed by atoms with E-state index in [4.69, 9.17) is 9.97 Å². The maximum atomic E-state index is 5.36. The smallest absolute Gasteiger partial charge is 0.161 e. The number of hydrogen-bond donors (Lipinski definition) is 0. The van der Waals surface area contributed by atoms with Crippen molar-refractivity contribution in [3.05, 3.63) is 253 Å². The molecule has 0 saturated carbocycles. The molecule has 0 fully saturated rings. The third-order valence-corrected chi connectivity index (χ3v) is 12.8. The van der Waals surface area contributed by atoms with Crippen LogP contribution in [0.1, 0.15) is 22.3 Å². The minimum atomic E-state index is -0.499. The maximum absolute atomic E-state index is 5.36. The number of benzene rings is 10. The zero-order valence-electron chi connectivity index (χ0n) is 33.3. The largest absolute Gasteiger partial charge is 0.228 e. The van der Waals surface area contributed by atoms with E-state index in [1.165, 1.54) is 66.1 Å². The number of hydrogen-bond acceptors (Lipinski definition) is 2. The lowest BCUT2D eigenvalue weighted by molar-refractivity contribution is 0.775. The lowest BCUT2D eigenvalue weighted by Crippen LogP contribution is -2.28. The van der Waals surface area contributed by atoms with Gasteiger partial charge < -0.3 is 0 Å². The van der Waals surface area contributed by atoms with Crippen LogP contribution in [0.3, 0.4) is 0 Å². The molecule has 0 radical (unpaired) electrons. The normalized spacial score (nSPS) is 12.7. The van der Waals surface area contributed by atoms with Gasteiger partial charge in [-0.2, -0.15) is 0 Å². The van der Waals surface area contributed by atoms with E-state index in [1.807, 2.05) is 6.07 Å². The van der Waals surface area contributed by atoms with E-state index in [2.05, 4.69) is 224 Å². The topological polar surface area (TPSA) is 25.8 Å². The van der Waals surface area contributed by atoms with Crippen LogP contribution < -0.4 is 0 Å². The Hall–Kier alpha value is -7.94. The maximum Gasteiger partial charge on any atom is 0.161 e. The summed E-state index contributed by atoms with van der Waals surface area (Å²) < 4.78 is 0. The van der Waals surface area contributed by atoms with Crippen LogP contribution >= 0.6 is 0 Å². The van der Waals surface area contributed by atoms with E-state index in [9.17, 15) is 0 Å². The first-order valence-electron chi connectivity index (χ1n) is 21.0. The van der Waals surface area contributed by atoms with Crippen LogP contribution in [-0.4, -0.2) is 9.97 Å². The molecule has 61 heavy (non-hydrogen) atoms. The first kappa shape index (κ1) is 35.0. The summed E-state index contributed by atoms with van der Waals surface area (Å²) in [6.07, 6.45) is 0. The van der Waals surface area contributed by atoms with E-state index in [1.54, 1.807) is 0 Å². The summed E-state index contributed by atoms with van der Waals surface area (Å²) >= 11 is 0. The first-order chi connectivity index (χ1) is 30.3. The summed E-state index contributed by atoms with van der Waals surface area (Å²) in [6.45, 7) is 0.